The van der Waals surface area contributed by atoms with Crippen LogP contribution in [0.5, 0.6) is 11.5 Å². The molecule has 4 nitrogen and oxygen atoms in total. The zero-order valence-corrected chi connectivity index (χ0v) is 14.5. The fraction of sp³-hybridized carbons (Fsp3) is 0.611. The number of esters is 1. The number of aromatic hydroxyl groups is 2. The Balaban J connectivity index is 3.00. The number of phenols is 2. The molecule has 0 heterocycles. The molecule has 0 aliphatic carbocycles. The highest BCUT2D eigenvalue weighted by molar-refractivity contribution is 5.69. The van der Waals surface area contributed by atoms with Gasteiger partial charge in [-0.25, -0.2) is 0 Å². The van der Waals surface area contributed by atoms with Crippen LogP contribution in [0.1, 0.15) is 65.0 Å². The molecule has 0 spiro atoms. The number of ether oxygens (including phenoxy) is 1. The van der Waals surface area contributed by atoms with Crippen molar-refractivity contribution in [1.29, 1.82) is 0 Å². The minimum atomic E-state index is -0.341. The second-order valence-corrected chi connectivity index (χ2v) is 7.45. The average Bonchev–Trinajstić information content (AvgIpc) is 2.39. The molecule has 124 valence electrons. The van der Waals surface area contributed by atoms with Gasteiger partial charge >= 0.3 is 5.97 Å². The molecule has 0 saturated heterocycles. The third-order valence-corrected chi connectivity index (χ3v) is 4.06. The number of hydrogen-bond donors (Lipinski definition) is 2. The highest BCUT2D eigenvalue weighted by Gasteiger charge is 2.28. The smallest absolute Gasteiger partial charge is 0.305 e. The number of methoxy groups -OCH3 is 1. The molecule has 1 rings (SSSR count). The third kappa shape index (κ3) is 4.39. The van der Waals surface area contributed by atoms with Crippen molar-refractivity contribution in [2.24, 2.45) is 0 Å². The van der Waals surface area contributed by atoms with Gasteiger partial charge in [0.1, 0.15) is 11.5 Å². The van der Waals surface area contributed by atoms with Crippen molar-refractivity contribution in [3.05, 3.63) is 23.3 Å². The van der Waals surface area contributed by atoms with Gasteiger partial charge < -0.3 is 14.9 Å². The topological polar surface area (TPSA) is 66.8 Å². The van der Waals surface area contributed by atoms with Gasteiger partial charge in [-0.05, 0) is 35.8 Å². The highest BCUT2D eigenvalue weighted by Crippen LogP contribution is 2.41. The van der Waals surface area contributed by atoms with Crippen molar-refractivity contribution in [1.82, 2.24) is 0 Å². The predicted molar refractivity (Wildman–Crippen MR) is 87.4 cm³/mol. The molecular formula is C18H28O4. The van der Waals surface area contributed by atoms with Gasteiger partial charge in [-0.15, -0.1) is 0 Å². The molecule has 0 bridgehead atoms. The zero-order chi connectivity index (χ0) is 17.1. The van der Waals surface area contributed by atoms with Crippen LogP contribution in [0.2, 0.25) is 0 Å². The minimum absolute atomic E-state index is 0.186. The first kappa shape index (κ1) is 18.3. The van der Waals surface area contributed by atoms with Gasteiger partial charge in [0.2, 0.25) is 0 Å². The summed E-state index contributed by atoms with van der Waals surface area (Å²) < 4.78 is 4.64. The van der Waals surface area contributed by atoms with E-state index in [0.29, 0.717) is 24.8 Å². The molecule has 0 radical (unpaired) electrons. The molecule has 1 aromatic rings. The molecule has 0 aliphatic rings. The van der Waals surface area contributed by atoms with Crippen LogP contribution in [0.15, 0.2) is 12.1 Å². The normalized spacial score (nSPS) is 12.3. The second kappa shape index (κ2) is 6.59. The van der Waals surface area contributed by atoms with Crippen molar-refractivity contribution in [3.63, 3.8) is 0 Å². The SMILES string of the molecule is COC(=O)CCCC(C)(C)c1cc(O)c(C(C)(C)C)cc1O. The molecule has 0 aromatic heterocycles. The summed E-state index contributed by atoms with van der Waals surface area (Å²) in [5.41, 5.74) is 0.836. The number of carbonyl (C=O) groups excluding carboxylic acids is 1. The number of rotatable bonds is 5. The zero-order valence-electron chi connectivity index (χ0n) is 14.5. The van der Waals surface area contributed by atoms with E-state index in [1.165, 1.54) is 7.11 Å². The summed E-state index contributed by atoms with van der Waals surface area (Å²) in [7, 11) is 1.38. The van der Waals surface area contributed by atoms with Crippen LogP contribution < -0.4 is 0 Å². The quantitative estimate of drug-likeness (QED) is 0.637. The Bertz CT molecular complexity index is 539. The van der Waals surface area contributed by atoms with Crippen LogP contribution in [0.4, 0.5) is 0 Å². The predicted octanol–water partition coefficient (Wildman–Crippen LogP) is 4.02. The van der Waals surface area contributed by atoms with Gasteiger partial charge in [0.05, 0.1) is 7.11 Å². The van der Waals surface area contributed by atoms with Crippen molar-refractivity contribution in [3.8, 4) is 11.5 Å². The fourth-order valence-electron chi connectivity index (χ4n) is 2.63. The summed E-state index contributed by atoms with van der Waals surface area (Å²) in [4.78, 5) is 11.2. The van der Waals surface area contributed by atoms with Gasteiger partial charge in [-0.3, -0.25) is 4.79 Å². The largest absolute Gasteiger partial charge is 0.508 e. The number of benzene rings is 1. The van der Waals surface area contributed by atoms with E-state index in [4.69, 9.17) is 0 Å². The van der Waals surface area contributed by atoms with E-state index >= 15 is 0 Å². The van der Waals surface area contributed by atoms with Crippen molar-refractivity contribution in [2.45, 2.75) is 64.7 Å². The summed E-state index contributed by atoms with van der Waals surface area (Å²) in [5, 5.41) is 20.6. The highest BCUT2D eigenvalue weighted by atomic mass is 16.5. The van der Waals surface area contributed by atoms with Crippen LogP contribution in [-0.2, 0) is 20.4 Å². The minimum Gasteiger partial charge on any atom is -0.508 e. The first-order valence-electron chi connectivity index (χ1n) is 7.63. The van der Waals surface area contributed by atoms with Crippen LogP contribution in [-0.4, -0.2) is 23.3 Å². The molecule has 0 saturated carbocycles. The van der Waals surface area contributed by atoms with E-state index in [1.807, 2.05) is 34.6 Å². The molecule has 0 unspecified atom stereocenters. The van der Waals surface area contributed by atoms with E-state index in [2.05, 4.69) is 4.74 Å². The van der Waals surface area contributed by atoms with Crippen LogP contribution in [0, 0.1) is 0 Å². The molecule has 22 heavy (non-hydrogen) atoms. The first-order valence-corrected chi connectivity index (χ1v) is 7.63. The summed E-state index contributed by atoms with van der Waals surface area (Å²) in [6.07, 6.45) is 1.73. The van der Waals surface area contributed by atoms with E-state index in [1.54, 1.807) is 12.1 Å². The summed E-state index contributed by atoms with van der Waals surface area (Å²) in [6, 6.07) is 3.29. The van der Waals surface area contributed by atoms with Gasteiger partial charge in [-0.1, -0.05) is 34.6 Å². The summed E-state index contributed by atoms with van der Waals surface area (Å²) >= 11 is 0. The lowest BCUT2D eigenvalue weighted by atomic mass is 9.77. The maximum atomic E-state index is 11.2. The number of carbonyl (C=O) groups is 1. The maximum Gasteiger partial charge on any atom is 0.305 e. The number of phenolic OH excluding ortho intramolecular Hbond substituents is 2. The second-order valence-electron chi connectivity index (χ2n) is 7.45. The van der Waals surface area contributed by atoms with Crippen LogP contribution >= 0.6 is 0 Å². The Kier molecular flexibility index (Phi) is 5.49. The maximum absolute atomic E-state index is 11.2. The van der Waals surface area contributed by atoms with Gasteiger partial charge in [0.25, 0.3) is 0 Å². The summed E-state index contributed by atoms with van der Waals surface area (Å²) in [6.45, 7) is 9.96. The standard InChI is InChI=1S/C18H28O4/c1-17(2,3)12-10-15(20)13(11-14(12)19)18(4,5)9-7-8-16(21)22-6/h10-11,19-20H,7-9H2,1-6H3. The monoisotopic (exact) mass is 308 g/mol. The van der Waals surface area contributed by atoms with Crippen LogP contribution in [0.25, 0.3) is 0 Å². The average molecular weight is 308 g/mol. The van der Waals surface area contributed by atoms with E-state index < -0.39 is 0 Å². The lowest BCUT2D eigenvalue weighted by molar-refractivity contribution is -0.140. The third-order valence-electron chi connectivity index (χ3n) is 4.06. The molecule has 0 atom stereocenters. The van der Waals surface area contributed by atoms with Gasteiger partial charge in [0.15, 0.2) is 0 Å². The van der Waals surface area contributed by atoms with Crippen molar-refractivity contribution in [2.75, 3.05) is 7.11 Å². The molecule has 1 aromatic carbocycles. The van der Waals surface area contributed by atoms with Crippen LogP contribution in [0.3, 0.4) is 0 Å². The lowest BCUT2D eigenvalue weighted by Crippen LogP contribution is -2.19. The van der Waals surface area contributed by atoms with E-state index in [9.17, 15) is 15.0 Å². The molecule has 2 N–H and O–H groups in total. The fourth-order valence-corrected chi connectivity index (χ4v) is 2.63. The Labute approximate surface area is 133 Å². The van der Waals surface area contributed by atoms with Gasteiger partial charge in [0, 0.05) is 17.5 Å². The molecule has 4 heteroatoms. The van der Waals surface area contributed by atoms with Crippen molar-refractivity contribution >= 4 is 5.97 Å². The number of hydrogen-bond acceptors (Lipinski definition) is 4. The Hall–Kier alpha value is -1.71. The summed E-state index contributed by atoms with van der Waals surface area (Å²) in [5.74, 6) is 0.151. The van der Waals surface area contributed by atoms with E-state index in [0.717, 1.165) is 5.56 Å². The molecule has 0 amide bonds. The Morgan fingerprint density at radius 2 is 1.55 bits per heavy atom. The first-order chi connectivity index (χ1) is 9.99. The Morgan fingerprint density at radius 3 is 2.05 bits per heavy atom. The molecule has 0 aliphatic heterocycles. The van der Waals surface area contributed by atoms with Gasteiger partial charge in [-0.2, -0.15) is 0 Å². The lowest BCUT2D eigenvalue weighted by Gasteiger charge is -2.28. The van der Waals surface area contributed by atoms with E-state index in [-0.39, 0.29) is 28.3 Å². The molecular weight excluding hydrogens is 280 g/mol. The van der Waals surface area contributed by atoms with Crippen molar-refractivity contribution < 1.29 is 19.7 Å². The molecule has 0 fully saturated rings. The Morgan fingerprint density at radius 1 is 1.05 bits per heavy atom.